The van der Waals surface area contributed by atoms with Crippen molar-refractivity contribution < 1.29 is 0 Å². The first kappa shape index (κ1) is 44.5. The van der Waals surface area contributed by atoms with Crippen LogP contribution in [0.4, 0.5) is 52.2 Å². The molecule has 0 aliphatic heterocycles. The normalized spacial score (nSPS) is 11.7. The van der Waals surface area contributed by atoms with Gasteiger partial charge < -0.3 is 0 Å². The van der Waals surface area contributed by atoms with Crippen LogP contribution < -0.4 is 14.7 Å². The van der Waals surface area contributed by atoms with Crippen molar-refractivity contribution >= 4 is 52.2 Å². The van der Waals surface area contributed by atoms with Gasteiger partial charge in [-0.15, -0.1) is 0 Å². The second kappa shape index (κ2) is 19.2. The minimum Gasteiger partial charge on any atom is -0.279 e. The molecule has 0 aromatic carbocycles. The lowest BCUT2D eigenvalue weighted by atomic mass is 10.0. The number of nitrogens with zero attached hydrogens (tertiary/aromatic N) is 10. The molecule has 10 heteroatoms. The number of anilines is 9. The highest BCUT2D eigenvalue weighted by molar-refractivity contribution is 5.83. The van der Waals surface area contributed by atoms with E-state index in [4.69, 9.17) is 34.9 Å². The molecule has 0 aliphatic carbocycles. The summed E-state index contributed by atoms with van der Waals surface area (Å²) >= 11 is 0. The first-order valence-corrected chi connectivity index (χ1v) is 22.4. The van der Waals surface area contributed by atoms with E-state index in [1.807, 2.05) is 37.2 Å². The molecule has 0 spiro atoms. The third-order valence-electron chi connectivity index (χ3n) is 11.5. The molecule has 63 heavy (non-hydrogen) atoms. The second-order valence-corrected chi connectivity index (χ2v) is 18.2. The van der Waals surface area contributed by atoms with Crippen molar-refractivity contribution in [1.29, 1.82) is 0 Å². The molecule has 0 saturated carbocycles. The average Bonchev–Trinajstić information content (AvgIpc) is 3.27. The van der Waals surface area contributed by atoms with Gasteiger partial charge in [0.1, 0.15) is 46.5 Å². The van der Waals surface area contributed by atoms with Crippen LogP contribution in [-0.2, 0) is 0 Å². The lowest BCUT2D eigenvalue weighted by molar-refractivity contribution is 0.856. The number of aromatic nitrogens is 7. The van der Waals surface area contributed by atoms with Crippen molar-refractivity contribution in [2.24, 2.45) is 0 Å². The van der Waals surface area contributed by atoms with Crippen LogP contribution in [0.2, 0.25) is 0 Å². The Labute approximate surface area is 374 Å². The second-order valence-electron chi connectivity index (χ2n) is 18.2. The van der Waals surface area contributed by atoms with Gasteiger partial charge in [-0.3, -0.25) is 14.7 Å². The van der Waals surface area contributed by atoms with E-state index in [1.165, 1.54) is 0 Å². The molecule has 0 aliphatic rings. The highest BCUT2D eigenvalue weighted by Crippen LogP contribution is 2.44. The van der Waals surface area contributed by atoms with Crippen molar-refractivity contribution in [3.05, 3.63) is 155 Å². The fourth-order valence-electron chi connectivity index (χ4n) is 7.43. The summed E-state index contributed by atoms with van der Waals surface area (Å²) in [5, 5.41) is 0. The van der Waals surface area contributed by atoms with Crippen LogP contribution in [0.15, 0.2) is 122 Å². The molecule has 0 N–H and O–H groups in total. The standard InChI is InChI=1S/C53H62N10/c1-33(2)39-13-19-54-46(25-39)61(47-26-40(34(3)4)14-20-55-47)45-31-52(62(48-27-41(35(5)6)15-21-56-48)49-28-42(36(7)8)16-22-57-49)60-53(32-45)63(50-29-43(37(9)10)17-23-58-50)51-30-44(38(11)12)18-24-59-51/h13-38H,1-12H3. The zero-order chi connectivity index (χ0) is 44.9. The molecular weight excluding hydrogens is 777 g/mol. The summed E-state index contributed by atoms with van der Waals surface area (Å²) in [4.78, 5) is 42.1. The Bertz CT molecular complexity index is 2200. The Hall–Kier alpha value is -6.55. The van der Waals surface area contributed by atoms with Crippen LogP contribution in [0.3, 0.4) is 0 Å². The van der Waals surface area contributed by atoms with E-state index in [1.54, 1.807) is 0 Å². The van der Waals surface area contributed by atoms with E-state index in [9.17, 15) is 0 Å². The van der Waals surface area contributed by atoms with Gasteiger partial charge in [0.05, 0.1) is 5.69 Å². The van der Waals surface area contributed by atoms with Gasteiger partial charge in [0.2, 0.25) is 0 Å². The van der Waals surface area contributed by atoms with E-state index in [2.05, 4.69) is 183 Å². The Morgan fingerprint density at radius 2 is 0.476 bits per heavy atom. The van der Waals surface area contributed by atoms with Gasteiger partial charge in [0, 0.05) is 49.3 Å². The maximum atomic E-state index is 5.62. The average molecular weight is 839 g/mol. The molecule has 0 amide bonds. The van der Waals surface area contributed by atoms with Crippen molar-refractivity contribution in [1.82, 2.24) is 34.9 Å². The minimum atomic E-state index is 0.265. The molecule has 7 rings (SSSR count). The third-order valence-corrected chi connectivity index (χ3v) is 11.5. The van der Waals surface area contributed by atoms with E-state index >= 15 is 0 Å². The van der Waals surface area contributed by atoms with Gasteiger partial charge in [0.25, 0.3) is 0 Å². The Morgan fingerprint density at radius 1 is 0.270 bits per heavy atom. The monoisotopic (exact) mass is 839 g/mol. The Morgan fingerprint density at radius 3 is 0.683 bits per heavy atom. The summed E-state index contributed by atoms with van der Waals surface area (Å²) < 4.78 is 0. The summed E-state index contributed by atoms with van der Waals surface area (Å²) in [6.45, 7) is 26.4. The van der Waals surface area contributed by atoms with Crippen LogP contribution in [-0.4, -0.2) is 34.9 Å². The highest BCUT2D eigenvalue weighted by atomic mass is 15.3. The third kappa shape index (κ3) is 10.1. The Kier molecular flexibility index (Phi) is 13.6. The SMILES string of the molecule is CC(C)c1ccnc(N(c2cc(N(c3cc(C(C)C)ccn3)c3cc(C(C)C)ccn3)nc(N(c3cc(C(C)C)ccn3)c3cc(C(C)C)ccn3)c2)c2cc(C(C)C)ccn2)c1. The van der Waals surface area contributed by atoms with E-state index < -0.39 is 0 Å². The lowest BCUT2D eigenvalue weighted by Gasteiger charge is -2.30. The maximum Gasteiger partial charge on any atom is 0.144 e. The van der Waals surface area contributed by atoms with Crippen LogP contribution in [0.25, 0.3) is 0 Å². The topological polar surface area (TPSA) is 100.0 Å². The number of hydrogen-bond donors (Lipinski definition) is 0. The predicted octanol–water partition coefficient (Wildman–Crippen LogP) is 14.6. The molecule has 0 bridgehead atoms. The first-order chi connectivity index (χ1) is 30.2. The van der Waals surface area contributed by atoms with Crippen LogP contribution in [0, 0.1) is 0 Å². The molecule has 0 atom stereocenters. The summed E-state index contributed by atoms with van der Waals surface area (Å²) in [7, 11) is 0. The number of pyridine rings is 7. The number of hydrogen-bond acceptors (Lipinski definition) is 10. The smallest absolute Gasteiger partial charge is 0.144 e. The predicted molar refractivity (Wildman–Crippen MR) is 260 cm³/mol. The number of rotatable bonds is 15. The van der Waals surface area contributed by atoms with Crippen molar-refractivity contribution in [3.63, 3.8) is 0 Å². The Balaban J connectivity index is 1.62. The molecule has 10 nitrogen and oxygen atoms in total. The molecule has 0 saturated heterocycles. The van der Waals surface area contributed by atoms with Gasteiger partial charge in [0.15, 0.2) is 0 Å². The van der Waals surface area contributed by atoms with Crippen LogP contribution in [0.1, 0.15) is 152 Å². The van der Waals surface area contributed by atoms with Crippen LogP contribution in [0.5, 0.6) is 0 Å². The lowest BCUT2D eigenvalue weighted by Crippen LogP contribution is -2.21. The zero-order valence-corrected chi connectivity index (χ0v) is 39.0. The van der Waals surface area contributed by atoms with Gasteiger partial charge >= 0.3 is 0 Å². The molecule has 7 aromatic rings. The van der Waals surface area contributed by atoms with E-state index in [0.717, 1.165) is 50.7 Å². The molecule has 0 radical (unpaired) electrons. The quantitative estimate of drug-likeness (QED) is 0.0992. The van der Waals surface area contributed by atoms with Crippen molar-refractivity contribution in [2.75, 3.05) is 14.7 Å². The summed E-state index contributed by atoms with van der Waals surface area (Å²) in [5.74, 6) is 7.05. The van der Waals surface area contributed by atoms with Gasteiger partial charge in [-0.1, -0.05) is 83.1 Å². The molecule has 324 valence electrons. The fourth-order valence-corrected chi connectivity index (χ4v) is 7.43. The minimum absolute atomic E-state index is 0.265. The first-order valence-electron chi connectivity index (χ1n) is 22.4. The van der Waals surface area contributed by atoms with Crippen molar-refractivity contribution in [3.8, 4) is 0 Å². The molecule has 7 aromatic heterocycles. The van der Waals surface area contributed by atoms with Gasteiger partial charge in [-0.2, -0.15) is 0 Å². The molecule has 7 heterocycles. The zero-order valence-electron chi connectivity index (χ0n) is 39.0. The van der Waals surface area contributed by atoms with Crippen LogP contribution >= 0.6 is 0 Å². The van der Waals surface area contributed by atoms with E-state index in [0.29, 0.717) is 34.9 Å². The summed E-state index contributed by atoms with van der Waals surface area (Å²) in [5.41, 5.74) is 7.72. The largest absolute Gasteiger partial charge is 0.279 e. The summed E-state index contributed by atoms with van der Waals surface area (Å²) in [6.07, 6.45) is 11.3. The molecular formula is C53H62N10. The van der Waals surface area contributed by atoms with Gasteiger partial charge in [-0.05, 0) is 142 Å². The summed E-state index contributed by atoms with van der Waals surface area (Å²) in [6, 6.07) is 29.5. The fraction of sp³-hybridized carbons (Fsp3) is 0.340. The van der Waals surface area contributed by atoms with Gasteiger partial charge in [-0.25, -0.2) is 34.9 Å². The molecule has 0 unspecified atom stereocenters. The maximum absolute atomic E-state index is 5.62. The van der Waals surface area contributed by atoms with E-state index in [-0.39, 0.29) is 35.5 Å². The highest BCUT2D eigenvalue weighted by Gasteiger charge is 2.27. The van der Waals surface area contributed by atoms with Crippen molar-refractivity contribution in [2.45, 2.75) is 119 Å². The molecule has 0 fully saturated rings.